The molecule has 182 valence electrons. The molecule has 0 saturated carbocycles. The molecule has 35 heavy (non-hydrogen) atoms. The van der Waals surface area contributed by atoms with Gasteiger partial charge in [-0.1, -0.05) is 55.5 Å². The van der Waals surface area contributed by atoms with Crippen molar-refractivity contribution in [2.24, 2.45) is 5.41 Å². The van der Waals surface area contributed by atoms with Crippen LogP contribution in [0.3, 0.4) is 0 Å². The quantitative estimate of drug-likeness (QED) is 0.591. The molecule has 0 bridgehead atoms. The van der Waals surface area contributed by atoms with Gasteiger partial charge in [-0.05, 0) is 41.5 Å². The number of likely N-dealkylation sites (tertiary alicyclic amines) is 1. The molecule has 2 aromatic carbocycles. The molecule has 2 N–H and O–H groups in total. The fourth-order valence-corrected chi connectivity index (χ4v) is 5.19. The summed E-state index contributed by atoms with van der Waals surface area (Å²) in [6, 6.07) is 15.2. The SMILES string of the molecule is C#CCC(NC(=O)OCC1c2ccccc2-c2ccccc21)C(=O)N1CCC(CC)(C(=O)O)CC1. The normalized spacial score (nSPS) is 17.0. The lowest BCUT2D eigenvalue weighted by Crippen LogP contribution is -2.53. The Hall–Kier alpha value is -3.79. The Morgan fingerprint density at radius 3 is 2.20 bits per heavy atom. The van der Waals surface area contributed by atoms with Gasteiger partial charge < -0.3 is 20.1 Å². The summed E-state index contributed by atoms with van der Waals surface area (Å²) in [4.78, 5) is 39.1. The standard InChI is InChI=1S/C28H30N2O5/c1-3-9-24(25(31)30-16-14-28(4-2,15-17-30)26(32)33)29-27(34)35-18-23-21-12-7-5-10-19(21)20-11-6-8-13-22(20)23/h1,5-8,10-13,23-24H,4,9,14-18H2,2H3,(H,29,34)(H,32,33). The number of aliphatic carboxylic acids is 1. The van der Waals surface area contributed by atoms with Crippen molar-refractivity contribution in [3.05, 3.63) is 59.7 Å². The molecule has 4 rings (SSSR count). The predicted molar refractivity (Wildman–Crippen MR) is 132 cm³/mol. The van der Waals surface area contributed by atoms with Gasteiger partial charge in [-0.25, -0.2) is 4.79 Å². The number of benzene rings is 2. The first-order valence-corrected chi connectivity index (χ1v) is 12.0. The second kappa shape index (κ2) is 10.2. The van der Waals surface area contributed by atoms with E-state index in [4.69, 9.17) is 11.2 Å². The molecule has 7 heteroatoms. The van der Waals surface area contributed by atoms with Crippen molar-refractivity contribution in [3.63, 3.8) is 0 Å². The Labute approximate surface area is 205 Å². The van der Waals surface area contributed by atoms with E-state index >= 15 is 0 Å². The summed E-state index contributed by atoms with van der Waals surface area (Å²) in [6.45, 7) is 2.61. The number of amides is 2. The van der Waals surface area contributed by atoms with E-state index in [0.717, 1.165) is 22.3 Å². The minimum Gasteiger partial charge on any atom is -0.481 e. The van der Waals surface area contributed by atoms with E-state index in [2.05, 4.69) is 23.4 Å². The molecule has 0 spiro atoms. The number of ether oxygens (including phenoxy) is 1. The average Bonchev–Trinajstić information content (AvgIpc) is 3.20. The minimum atomic E-state index is -0.922. The second-order valence-corrected chi connectivity index (χ2v) is 9.20. The highest BCUT2D eigenvalue weighted by Gasteiger charge is 2.42. The first-order valence-electron chi connectivity index (χ1n) is 12.0. The van der Waals surface area contributed by atoms with E-state index in [1.54, 1.807) is 4.90 Å². The summed E-state index contributed by atoms with van der Waals surface area (Å²) in [7, 11) is 0. The Balaban J connectivity index is 1.38. The van der Waals surface area contributed by atoms with E-state index in [-0.39, 0.29) is 24.9 Å². The highest BCUT2D eigenvalue weighted by Crippen LogP contribution is 2.44. The van der Waals surface area contributed by atoms with E-state index in [1.165, 1.54) is 0 Å². The van der Waals surface area contributed by atoms with Gasteiger partial charge in [-0.2, -0.15) is 0 Å². The molecule has 1 saturated heterocycles. The number of nitrogens with zero attached hydrogens (tertiary/aromatic N) is 1. The molecule has 1 heterocycles. The molecule has 0 aromatic heterocycles. The van der Waals surface area contributed by atoms with Gasteiger partial charge in [-0.3, -0.25) is 9.59 Å². The van der Waals surface area contributed by atoms with Crippen LogP contribution in [0.5, 0.6) is 0 Å². The molecule has 0 radical (unpaired) electrons. The van der Waals surface area contributed by atoms with Gasteiger partial charge in [0.15, 0.2) is 0 Å². The number of nitrogens with one attached hydrogen (secondary N) is 1. The third-order valence-corrected chi connectivity index (χ3v) is 7.42. The summed E-state index contributed by atoms with van der Waals surface area (Å²) >= 11 is 0. The molecule has 1 unspecified atom stereocenters. The molecule has 7 nitrogen and oxygen atoms in total. The van der Waals surface area contributed by atoms with Crippen LogP contribution < -0.4 is 5.32 Å². The van der Waals surface area contributed by atoms with Crippen molar-refractivity contribution in [1.82, 2.24) is 10.2 Å². The summed E-state index contributed by atoms with van der Waals surface area (Å²) in [5.41, 5.74) is 3.66. The first-order chi connectivity index (χ1) is 16.9. The highest BCUT2D eigenvalue weighted by molar-refractivity contribution is 5.86. The number of carboxylic acids is 1. The van der Waals surface area contributed by atoms with Crippen LogP contribution in [-0.2, 0) is 14.3 Å². The number of piperidine rings is 1. The van der Waals surface area contributed by atoms with Crippen LogP contribution in [0.1, 0.15) is 49.7 Å². The van der Waals surface area contributed by atoms with Crippen LogP contribution in [0.15, 0.2) is 48.5 Å². The maximum absolute atomic E-state index is 13.1. The van der Waals surface area contributed by atoms with Gasteiger partial charge in [0.1, 0.15) is 12.6 Å². The molecule has 2 amide bonds. The number of hydrogen-bond acceptors (Lipinski definition) is 4. The van der Waals surface area contributed by atoms with Crippen LogP contribution >= 0.6 is 0 Å². The molecule has 2 aromatic rings. The smallest absolute Gasteiger partial charge is 0.407 e. The number of hydrogen-bond donors (Lipinski definition) is 2. The van der Waals surface area contributed by atoms with Crippen molar-refractivity contribution in [2.45, 2.75) is 44.6 Å². The van der Waals surface area contributed by atoms with Gasteiger partial charge in [0.2, 0.25) is 5.91 Å². The van der Waals surface area contributed by atoms with E-state index in [0.29, 0.717) is 32.4 Å². The van der Waals surface area contributed by atoms with Crippen LogP contribution in [0, 0.1) is 17.8 Å². The number of alkyl carbamates (subject to hydrolysis) is 1. The number of carbonyl (C=O) groups excluding carboxylic acids is 2. The number of fused-ring (bicyclic) bond motifs is 3. The fraction of sp³-hybridized carbons (Fsp3) is 0.393. The number of terminal acetylenes is 1. The van der Waals surface area contributed by atoms with Crippen LogP contribution in [0.4, 0.5) is 4.79 Å². The maximum atomic E-state index is 13.1. The summed E-state index contributed by atoms with van der Waals surface area (Å²) in [5.74, 6) is 1.22. The van der Waals surface area contributed by atoms with E-state index in [1.807, 2.05) is 43.3 Å². The van der Waals surface area contributed by atoms with Gasteiger partial charge >= 0.3 is 12.1 Å². The zero-order chi connectivity index (χ0) is 25.0. The van der Waals surface area contributed by atoms with Crippen molar-refractivity contribution in [2.75, 3.05) is 19.7 Å². The monoisotopic (exact) mass is 474 g/mol. The molecule has 1 aliphatic heterocycles. The summed E-state index contributed by atoms with van der Waals surface area (Å²) < 4.78 is 5.57. The summed E-state index contributed by atoms with van der Waals surface area (Å²) in [6.07, 6.45) is 6.04. The largest absolute Gasteiger partial charge is 0.481 e. The number of rotatable bonds is 7. The topological polar surface area (TPSA) is 95.9 Å². The number of carbonyl (C=O) groups is 3. The van der Waals surface area contributed by atoms with Gasteiger partial charge in [0, 0.05) is 25.4 Å². The maximum Gasteiger partial charge on any atom is 0.407 e. The third kappa shape index (κ3) is 4.74. The fourth-order valence-electron chi connectivity index (χ4n) is 5.19. The molecular formula is C28H30N2O5. The Morgan fingerprint density at radius 1 is 1.11 bits per heavy atom. The van der Waals surface area contributed by atoms with Gasteiger partial charge in [-0.15, -0.1) is 12.3 Å². The summed E-state index contributed by atoms with van der Waals surface area (Å²) in [5, 5.41) is 12.2. The van der Waals surface area contributed by atoms with Crippen molar-refractivity contribution < 1.29 is 24.2 Å². The second-order valence-electron chi connectivity index (χ2n) is 9.20. The average molecular weight is 475 g/mol. The molecule has 2 aliphatic rings. The molecule has 1 atom stereocenters. The lowest BCUT2D eigenvalue weighted by Gasteiger charge is -2.39. The molecule has 1 aliphatic carbocycles. The zero-order valence-electron chi connectivity index (χ0n) is 19.8. The predicted octanol–water partition coefficient (Wildman–Crippen LogP) is 4.02. The number of carboxylic acid groups (broad SMARTS) is 1. The van der Waals surface area contributed by atoms with E-state index < -0.39 is 23.5 Å². The van der Waals surface area contributed by atoms with Crippen LogP contribution in [-0.4, -0.2) is 53.7 Å². The Bertz CT molecular complexity index is 1110. The minimum absolute atomic E-state index is 0.0252. The molecular weight excluding hydrogens is 444 g/mol. The van der Waals surface area contributed by atoms with Gasteiger partial charge in [0.05, 0.1) is 5.41 Å². The molecule has 1 fully saturated rings. The lowest BCUT2D eigenvalue weighted by atomic mass is 9.76. The van der Waals surface area contributed by atoms with Gasteiger partial charge in [0.25, 0.3) is 0 Å². The third-order valence-electron chi connectivity index (χ3n) is 7.42. The highest BCUT2D eigenvalue weighted by atomic mass is 16.5. The van der Waals surface area contributed by atoms with Crippen LogP contribution in [0.25, 0.3) is 11.1 Å². The van der Waals surface area contributed by atoms with Crippen molar-refractivity contribution >= 4 is 18.0 Å². The van der Waals surface area contributed by atoms with Crippen molar-refractivity contribution in [1.29, 1.82) is 0 Å². The van der Waals surface area contributed by atoms with Crippen LogP contribution in [0.2, 0.25) is 0 Å². The lowest BCUT2D eigenvalue weighted by molar-refractivity contribution is -0.155. The first kappa shape index (κ1) is 24.3. The van der Waals surface area contributed by atoms with E-state index in [9.17, 15) is 19.5 Å². The Kier molecular flexibility index (Phi) is 7.11. The van der Waals surface area contributed by atoms with Crippen molar-refractivity contribution in [3.8, 4) is 23.5 Å². The zero-order valence-corrected chi connectivity index (χ0v) is 19.8. The Morgan fingerprint density at radius 2 is 1.69 bits per heavy atom.